The Hall–Kier alpha value is -0.763. The standard InChI is InChI=1S/C6H16O3Si.C4H4O3/c1-5-6-10(7-2,8-3)9-4;5-3-1-2-4(6)7-3/h5-6H2,1-4H3;1-2H2. The van der Waals surface area contributed by atoms with E-state index >= 15 is 0 Å². The Morgan fingerprint density at radius 2 is 1.47 bits per heavy atom. The van der Waals surface area contributed by atoms with Gasteiger partial charge in [-0.15, -0.1) is 0 Å². The van der Waals surface area contributed by atoms with Gasteiger partial charge in [-0.2, -0.15) is 0 Å². The quantitative estimate of drug-likeness (QED) is 0.421. The summed E-state index contributed by atoms with van der Waals surface area (Å²) < 4.78 is 19.6. The van der Waals surface area contributed by atoms with Crippen LogP contribution in [-0.4, -0.2) is 42.1 Å². The van der Waals surface area contributed by atoms with Crippen LogP contribution in [0.25, 0.3) is 0 Å². The normalized spacial score (nSPS) is 15.3. The zero-order valence-electron chi connectivity index (χ0n) is 10.8. The minimum absolute atomic E-state index is 0.263. The smallest absolute Gasteiger partial charge is 0.393 e. The average Bonchev–Trinajstić information content (AvgIpc) is 2.71. The van der Waals surface area contributed by atoms with E-state index in [0.717, 1.165) is 12.5 Å². The lowest BCUT2D eigenvalue weighted by Gasteiger charge is -2.23. The van der Waals surface area contributed by atoms with Crippen LogP contribution in [0.2, 0.25) is 6.04 Å². The minimum Gasteiger partial charge on any atom is -0.393 e. The molecular weight excluding hydrogens is 244 g/mol. The molecule has 17 heavy (non-hydrogen) atoms. The van der Waals surface area contributed by atoms with Gasteiger partial charge in [0.1, 0.15) is 0 Å². The van der Waals surface area contributed by atoms with E-state index in [1.54, 1.807) is 21.3 Å². The van der Waals surface area contributed by atoms with E-state index in [1.807, 2.05) is 0 Å². The maximum absolute atomic E-state index is 10.0. The predicted octanol–water partition coefficient (Wildman–Crippen LogP) is 1.12. The summed E-state index contributed by atoms with van der Waals surface area (Å²) in [5.41, 5.74) is 0. The van der Waals surface area contributed by atoms with Crippen molar-refractivity contribution < 1.29 is 27.6 Å². The second-order valence-corrected chi connectivity index (χ2v) is 6.48. The van der Waals surface area contributed by atoms with E-state index in [4.69, 9.17) is 13.3 Å². The maximum Gasteiger partial charge on any atom is 0.500 e. The number of esters is 2. The molecule has 0 unspecified atom stereocenters. The fourth-order valence-corrected chi connectivity index (χ4v) is 3.02. The maximum atomic E-state index is 10.0. The van der Waals surface area contributed by atoms with Gasteiger partial charge in [0.2, 0.25) is 0 Å². The summed E-state index contributed by atoms with van der Waals surface area (Å²) in [7, 11) is 2.68. The van der Waals surface area contributed by atoms with Crippen molar-refractivity contribution in [3.8, 4) is 0 Å². The summed E-state index contributed by atoms with van der Waals surface area (Å²) in [4.78, 5) is 20.0. The first-order valence-electron chi connectivity index (χ1n) is 5.42. The van der Waals surface area contributed by atoms with Crippen LogP contribution < -0.4 is 0 Å². The van der Waals surface area contributed by atoms with Crippen molar-refractivity contribution in [1.82, 2.24) is 0 Å². The summed E-state index contributed by atoms with van der Waals surface area (Å²) >= 11 is 0. The Morgan fingerprint density at radius 1 is 1.06 bits per heavy atom. The molecule has 0 aromatic rings. The van der Waals surface area contributed by atoms with Crippen LogP contribution in [0.4, 0.5) is 0 Å². The zero-order chi connectivity index (χ0) is 13.3. The van der Waals surface area contributed by atoms with Gasteiger partial charge >= 0.3 is 20.7 Å². The Bertz CT molecular complexity index is 229. The Morgan fingerprint density at radius 3 is 1.59 bits per heavy atom. The predicted molar refractivity (Wildman–Crippen MR) is 62.2 cm³/mol. The third kappa shape index (κ3) is 5.92. The van der Waals surface area contributed by atoms with Crippen molar-refractivity contribution in [2.45, 2.75) is 32.2 Å². The molecule has 0 aromatic carbocycles. The highest BCUT2D eigenvalue weighted by Gasteiger charge is 2.36. The van der Waals surface area contributed by atoms with Crippen molar-refractivity contribution in [3.63, 3.8) is 0 Å². The third-order valence-corrected chi connectivity index (χ3v) is 5.23. The van der Waals surface area contributed by atoms with Gasteiger partial charge < -0.3 is 18.0 Å². The molecule has 1 rings (SSSR count). The van der Waals surface area contributed by atoms with E-state index < -0.39 is 20.7 Å². The fraction of sp³-hybridized carbons (Fsp3) is 0.800. The van der Waals surface area contributed by atoms with Gasteiger partial charge in [-0.3, -0.25) is 9.59 Å². The van der Waals surface area contributed by atoms with Crippen molar-refractivity contribution in [1.29, 1.82) is 0 Å². The number of carbonyl (C=O) groups is 2. The lowest BCUT2D eigenvalue weighted by atomic mass is 10.4. The van der Waals surface area contributed by atoms with Crippen LogP contribution in [0, 0.1) is 0 Å². The lowest BCUT2D eigenvalue weighted by molar-refractivity contribution is -0.151. The van der Waals surface area contributed by atoms with Crippen LogP contribution in [0.3, 0.4) is 0 Å². The molecule has 1 aliphatic rings. The SMILES string of the molecule is CCC[Si](OC)(OC)OC.O=C1CCC(=O)O1. The van der Waals surface area contributed by atoms with Crippen molar-refractivity contribution in [2.75, 3.05) is 21.3 Å². The van der Waals surface area contributed by atoms with E-state index in [9.17, 15) is 9.59 Å². The molecular formula is C10H20O6Si. The molecule has 7 heteroatoms. The Kier molecular flexibility index (Phi) is 7.97. The molecule has 100 valence electrons. The molecule has 0 N–H and O–H groups in total. The molecule has 0 atom stereocenters. The van der Waals surface area contributed by atoms with Crippen molar-refractivity contribution in [3.05, 3.63) is 0 Å². The van der Waals surface area contributed by atoms with Gasteiger partial charge in [0.15, 0.2) is 0 Å². The topological polar surface area (TPSA) is 71.1 Å². The van der Waals surface area contributed by atoms with Gasteiger partial charge in [-0.05, 0) is 0 Å². The molecule has 0 aromatic heterocycles. The van der Waals surface area contributed by atoms with Gasteiger partial charge in [0.25, 0.3) is 0 Å². The van der Waals surface area contributed by atoms with Crippen LogP contribution >= 0.6 is 0 Å². The summed E-state index contributed by atoms with van der Waals surface area (Å²) in [5.74, 6) is -0.796. The van der Waals surface area contributed by atoms with Gasteiger partial charge in [0, 0.05) is 27.4 Å². The molecule has 0 bridgehead atoms. The fourth-order valence-electron chi connectivity index (χ4n) is 1.30. The minimum atomic E-state index is -2.22. The highest BCUT2D eigenvalue weighted by Crippen LogP contribution is 2.13. The van der Waals surface area contributed by atoms with E-state index in [0.29, 0.717) is 0 Å². The molecule has 0 radical (unpaired) electrons. The highest BCUT2D eigenvalue weighted by atomic mass is 28.4. The van der Waals surface area contributed by atoms with Crippen molar-refractivity contribution in [2.24, 2.45) is 0 Å². The summed E-state index contributed by atoms with van der Waals surface area (Å²) in [6.07, 6.45) is 1.55. The second kappa shape index (κ2) is 8.35. The Labute approximate surface area is 103 Å². The van der Waals surface area contributed by atoms with E-state index in [1.165, 1.54) is 0 Å². The van der Waals surface area contributed by atoms with E-state index in [2.05, 4.69) is 11.7 Å². The van der Waals surface area contributed by atoms with Crippen LogP contribution in [0.15, 0.2) is 0 Å². The first-order valence-corrected chi connectivity index (χ1v) is 7.35. The lowest BCUT2D eigenvalue weighted by Crippen LogP contribution is -2.42. The number of ether oxygens (including phenoxy) is 1. The average molecular weight is 264 g/mol. The second-order valence-electron chi connectivity index (χ2n) is 3.39. The molecule has 0 amide bonds. The number of hydrogen-bond acceptors (Lipinski definition) is 6. The summed E-state index contributed by atoms with van der Waals surface area (Å²) in [6, 6.07) is 0.885. The third-order valence-electron chi connectivity index (χ3n) is 2.25. The Balaban J connectivity index is 0.000000318. The molecule has 0 saturated carbocycles. The molecule has 1 aliphatic heterocycles. The molecule has 1 saturated heterocycles. The number of rotatable bonds is 5. The van der Waals surface area contributed by atoms with Crippen LogP contribution in [0.5, 0.6) is 0 Å². The molecule has 0 spiro atoms. The summed E-state index contributed by atoms with van der Waals surface area (Å²) in [5, 5.41) is 0. The molecule has 1 fully saturated rings. The number of carbonyl (C=O) groups excluding carboxylic acids is 2. The molecule has 6 nitrogen and oxygen atoms in total. The highest BCUT2D eigenvalue weighted by molar-refractivity contribution is 6.60. The zero-order valence-corrected chi connectivity index (χ0v) is 11.8. The monoisotopic (exact) mass is 264 g/mol. The van der Waals surface area contributed by atoms with Gasteiger partial charge in [-0.25, -0.2) is 0 Å². The molecule has 1 heterocycles. The first-order chi connectivity index (χ1) is 8.03. The van der Waals surface area contributed by atoms with E-state index in [-0.39, 0.29) is 12.8 Å². The van der Waals surface area contributed by atoms with Crippen LogP contribution in [0.1, 0.15) is 26.2 Å². The summed E-state index contributed by atoms with van der Waals surface area (Å²) in [6.45, 7) is 2.08. The van der Waals surface area contributed by atoms with Crippen LogP contribution in [-0.2, 0) is 27.6 Å². The number of cyclic esters (lactones) is 2. The first kappa shape index (κ1) is 16.2. The van der Waals surface area contributed by atoms with Gasteiger partial charge in [0.05, 0.1) is 12.8 Å². The van der Waals surface area contributed by atoms with Crippen molar-refractivity contribution >= 4 is 20.7 Å². The molecule has 0 aliphatic carbocycles. The van der Waals surface area contributed by atoms with Gasteiger partial charge in [-0.1, -0.05) is 13.3 Å². The largest absolute Gasteiger partial charge is 0.500 e. The number of hydrogen-bond donors (Lipinski definition) is 0.